The van der Waals surface area contributed by atoms with Crippen LogP contribution in [0.5, 0.6) is 0 Å². The van der Waals surface area contributed by atoms with E-state index in [0.29, 0.717) is 0 Å². The SMILES string of the molecule is c1ccc(-c2cccc(Sc3ccn(-c4ccccc4)c3)n2)cc1. The predicted molar refractivity (Wildman–Crippen MR) is 99.6 cm³/mol. The molecule has 0 spiro atoms. The Morgan fingerprint density at radius 1 is 0.708 bits per heavy atom. The van der Waals surface area contributed by atoms with Crippen LogP contribution in [-0.2, 0) is 0 Å². The van der Waals surface area contributed by atoms with E-state index in [0.717, 1.165) is 22.0 Å². The van der Waals surface area contributed by atoms with Crippen LogP contribution in [0.3, 0.4) is 0 Å². The normalized spacial score (nSPS) is 10.7. The second-order valence-corrected chi connectivity index (χ2v) is 6.51. The van der Waals surface area contributed by atoms with Crippen molar-refractivity contribution in [3.8, 4) is 16.9 Å². The molecule has 3 heteroatoms. The molecule has 0 fully saturated rings. The van der Waals surface area contributed by atoms with Crippen LogP contribution >= 0.6 is 11.8 Å². The molecule has 0 aliphatic heterocycles. The second-order valence-electron chi connectivity index (χ2n) is 5.42. The van der Waals surface area contributed by atoms with Gasteiger partial charge in [-0.25, -0.2) is 4.98 Å². The van der Waals surface area contributed by atoms with E-state index in [2.05, 4.69) is 65.5 Å². The summed E-state index contributed by atoms with van der Waals surface area (Å²) in [5.74, 6) is 0. The first-order valence-electron chi connectivity index (χ1n) is 7.82. The van der Waals surface area contributed by atoms with E-state index >= 15 is 0 Å². The molecule has 24 heavy (non-hydrogen) atoms. The van der Waals surface area contributed by atoms with E-state index in [9.17, 15) is 0 Å². The van der Waals surface area contributed by atoms with Crippen LogP contribution in [0.2, 0.25) is 0 Å². The fourth-order valence-electron chi connectivity index (χ4n) is 2.56. The monoisotopic (exact) mass is 328 g/mol. The first-order chi connectivity index (χ1) is 11.9. The summed E-state index contributed by atoms with van der Waals surface area (Å²) in [7, 11) is 0. The molecule has 0 bridgehead atoms. The Kier molecular flexibility index (Phi) is 4.17. The van der Waals surface area contributed by atoms with E-state index in [1.807, 2.05) is 36.4 Å². The Bertz CT molecular complexity index is 930. The zero-order valence-electron chi connectivity index (χ0n) is 13.0. The molecule has 2 aromatic carbocycles. The molecule has 2 heterocycles. The zero-order chi connectivity index (χ0) is 16.2. The third-order valence-corrected chi connectivity index (χ3v) is 4.65. The molecule has 2 nitrogen and oxygen atoms in total. The predicted octanol–water partition coefficient (Wildman–Crippen LogP) is 5.69. The van der Waals surface area contributed by atoms with E-state index in [1.165, 1.54) is 4.90 Å². The molecule has 0 aliphatic carbocycles. The van der Waals surface area contributed by atoms with E-state index in [4.69, 9.17) is 4.98 Å². The molecule has 116 valence electrons. The van der Waals surface area contributed by atoms with Crippen molar-refractivity contribution in [3.05, 3.63) is 97.3 Å². The van der Waals surface area contributed by atoms with Crippen LogP contribution in [0.4, 0.5) is 0 Å². The summed E-state index contributed by atoms with van der Waals surface area (Å²) in [6.07, 6.45) is 4.22. The lowest BCUT2D eigenvalue weighted by molar-refractivity contribution is 1.07. The van der Waals surface area contributed by atoms with Crippen molar-refractivity contribution in [1.29, 1.82) is 0 Å². The fraction of sp³-hybridized carbons (Fsp3) is 0. The van der Waals surface area contributed by atoms with Gasteiger partial charge >= 0.3 is 0 Å². The number of hydrogen-bond acceptors (Lipinski definition) is 2. The van der Waals surface area contributed by atoms with Crippen molar-refractivity contribution >= 4 is 11.8 Å². The quantitative estimate of drug-likeness (QED) is 0.479. The van der Waals surface area contributed by atoms with Crippen LogP contribution < -0.4 is 0 Å². The van der Waals surface area contributed by atoms with Crippen molar-refractivity contribution in [2.45, 2.75) is 9.92 Å². The fourth-order valence-corrected chi connectivity index (χ4v) is 3.39. The molecule has 2 aromatic heterocycles. The van der Waals surface area contributed by atoms with Crippen molar-refractivity contribution < 1.29 is 0 Å². The van der Waals surface area contributed by atoms with Gasteiger partial charge in [-0.15, -0.1) is 0 Å². The van der Waals surface area contributed by atoms with Gasteiger partial charge in [0.15, 0.2) is 0 Å². The number of para-hydroxylation sites is 1. The highest BCUT2D eigenvalue weighted by atomic mass is 32.2. The van der Waals surface area contributed by atoms with Gasteiger partial charge in [-0.05, 0) is 30.3 Å². The van der Waals surface area contributed by atoms with Crippen LogP contribution in [0.15, 0.2) is 107 Å². The molecule has 4 aromatic rings. The summed E-state index contributed by atoms with van der Waals surface area (Å²) in [4.78, 5) is 5.95. The minimum absolute atomic E-state index is 1.00. The summed E-state index contributed by atoms with van der Waals surface area (Å²) in [6, 6.07) is 28.9. The molecule has 0 amide bonds. The van der Waals surface area contributed by atoms with Crippen LogP contribution in [0.1, 0.15) is 0 Å². The Balaban J connectivity index is 1.57. The Morgan fingerprint density at radius 2 is 1.46 bits per heavy atom. The molecule has 0 saturated carbocycles. The summed E-state index contributed by atoms with van der Waals surface area (Å²) < 4.78 is 2.13. The number of hydrogen-bond donors (Lipinski definition) is 0. The van der Waals surface area contributed by atoms with Gasteiger partial charge in [-0.2, -0.15) is 0 Å². The average molecular weight is 328 g/mol. The smallest absolute Gasteiger partial charge is 0.102 e. The lowest BCUT2D eigenvalue weighted by atomic mass is 10.1. The van der Waals surface area contributed by atoms with Crippen molar-refractivity contribution in [3.63, 3.8) is 0 Å². The van der Waals surface area contributed by atoms with Gasteiger partial charge in [0, 0.05) is 28.5 Å². The topological polar surface area (TPSA) is 17.8 Å². The summed E-state index contributed by atoms with van der Waals surface area (Å²) in [6.45, 7) is 0. The largest absolute Gasteiger partial charge is 0.323 e. The molecular formula is C21H16N2S. The maximum atomic E-state index is 4.77. The molecule has 0 N–H and O–H groups in total. The van der Waals surface area contributed by atoms with E-state index in [1.54, 1.807) is 11.8 Å². The van der Waals surface area contributed by atoms with Gasteiger partial charge in [0.05, 0.1) is 5.69 Å². The Labute approximate surface area is 145 Å². The summed E-state index contributed by atoms with van der Waals surface area (Å²) in [5.41, 5.74) is 3.31. The van der Waals surface area contributed by atoms with Gasteiger partial charge in [0.1, 0.15) is 5.03 Å². The number of benzene rings is 2. The number of aromatic nitrogens is 2. The molecule has 0 unspecified atom stereocenters. The molecule has 0 atom stereocenters. The maximum Gasteiger partial charge on any atom is 0.102 e. The van der Waals surface area contributed by atoms with Crippen molar-refractivity contribution in [2.24, 2.45) is 0 Å². The molecular weight excluding hydrogens is 312 g/mol. The first-order valence-corrected chi connectivity index (χ1v) is 8.64. The summed E-state index contributed by atoms with van der Waals surface area (Å²) >= 11 is 1.68. The van der Waals surface area contributed by atoms with Crippen LogP contribution in [-0.4, -0.2) is 9.55 Å². The van der Waals surface area contributed by atoms with Crippen LogP contribution in [0, 0.1) is 0 Å². The number of nitrogens with zero attached hydrogens (tertiary/aromatic N) is 2. The number of rotatable bonds is 4. The highest BCUT2D eigenvalue weighted by Crippen LogP contribution is 2.29. The highest BCUT2D eigenvalue weighted by Gasteiger charge is 2.05. The molecule has 4 rings (SSSR count). The summed E-state index contributed by atoms with van der Waals surface area (Å²) in [5, 5.41) is 1.00. The van der Waals surface area contributed by atoms with Gasteiger partial charge in [-0.1, -0.05) is 66.4 Å². The van der Waals surface area contributed by atoms with E-state index < -0.39 is 0 Å². The van der Waals surface area contributed by atoms with Crippen molar-refractivity contribution in [1.82, 2.24) is 9.55 Å². The molecule has 0 radical (unpaired) electrons. The van der Waals surface area contributed by atoms with Gasteiger partial charge in [0.25, 0.3) is 0 Å². The third kappa shape index (κ3) is 3.26. The lowest BCUT2D eigenvalue weighted by Gasteiger charge is -2.04. The minimum Gasteiger partial charge on any atom is -0.323 e. The average Bonchev–Trinajstić information content (AvgIpc) is 3.12. The third-order valence-electron chi connectivity index (χ3n) is 3.74. The zero-order valence-corrected chi connectivity index (χ0v) is 13.9. The standard InChI is InChI=1S/C21H16N2S/c1-3-8-17(9-4-1)20-12-7-13-21(22-20)24-19-14-15-23(16-19)18-10-5-2-6-11-18/h1-16H. The first kappa shape index (κ1) is 14.8. The minimum atomic E-state index is 1.00. The van der Waals surface area contributed by atoms with Gasteiger partial charge < -0.3 is 4.57 Å². The lowest BCUT2D eigenvalue weighted by Crippen LogP contribution is -1.88. The van der Waals surface area contributed by atoms with Crippen LogP contribution in [0.25, 0.3) is 16.9 Å². The highest BCUT2D eigenvalue weighted by molar-refractivity contribution is 7.99. The Morgan fingerprint density at radius 3 is 2.25 bits per heavy atom. The van der Waals surface area contributed by atoms with Gasteiger partial charge in [0.2, 0.25) is 0 Å². The van der Waals surface area contributed by atoms with Crippen molar-refractivity contribution in [2.75, 3.05) is 0 Å². The maximum absolute atomic E-state index is 4.77. The Hall–Kier alpha value is -2.78. The second kappa shape index (κ2) is 6.77. The number of pyridine rings is 1. The molecule has 0 saturated heterocycles. The van der Waals surface area contributed by atoms with Gasteiger partial charge in [-0.3, -0.25) is 0 Å². The van der Waals surface area contributed by atoms with E-state index in [-0.39, 0.29) is 0 Å². The molecule has 0 aliphatic rings.